The lowest BCUT2D eigenvalue weighted by Gasteiger charge is -2.12. The molecule has 0 fully saturated rings. The average Bonchev–Trinajstić information content (AvgIpc) is 3.09. The first-order valence-electron chi connectivity index (χ1n) is 7.35. The van der Waals surface area contributed by atoms with E-state index in [2.05, 4.69) is 15.1 Å². The van der Waals surface area contributed by atoms with Crippen LogP contribution >= 0.6 is 0 Å². The van der Waals surface area contributed by atoms with Crippen LogP contribution in [0.5, 0.6) is 5.88 Å². The van der Waals surface area contributed by atoms with E-state index in [1.807, 2.05) is 30.3 Å². The highest BCUT2D eigenvalue weighted by molar-refractivity contribution is 6.01. The number of methoxy groups -OCH3 is 1. The van der Waals surface area contributed by atoms with Crippen molar-refractivity contribution < 1.29 is 9.84 Å². The second-order valence-corrected chi connectivity index (χ2v) is 5.54. The molecule has 6 nitrogen and oxygen atoms in total. The molecule has 0 unspecified atom stereocenters. The van der Waals surface area contributed by atoms with Crippen molar-refractivity contribution in [3.8, 4) is 17.1 Å². The fraction of sp³-hybridized carbons (Fsp3) is 0.176. The lowest BCUT2D eigenvalue weighted by atomic mass is 9.98. The maximum absolute atomic E-state index is 11.4. The molecule has 0 bridgehead atoms. The summed E-state index contributed by atoms with van der Waals surface area (Å²) in [7, 11) is 1.63. The molecule has 0 saturated heterocycles. The number of nitroso groups, excluding NO2 is 1. The predicted molar refractivity (Wildman–Crippen MR) is 88.5 cm³/mol. The highest BCUT2D eigenvalue weighted by Crippen LogP contribution is 2.45. The van der Waals surface area contributed by atoms with E-state index in [0.29, 0.717) is 16.9 Å². The molecule has 0 atom stereocenters. The largest absolute Gasteiger partial charge is 0.501 e. The van der Waals surface area contributed by atoms with E-state index in [-0.39, 0.29) is 5.88 Å². The van der Waals surface area contributed by atoms with E-state index in [1.165, 1.54) is 0 Å². The van der Waals surface area contributed by atoms with Gasteiger partial charge in [-0.1, -0.05) is 18.2 Å². The average molecular weight is 309 g/mol. The summed E-state index contributed by atoms with van der Waals surface area (Å²) in [6.45, 7) is 0. The number of fused-ring (bicyclic) bond motifs is 2. The third-order valence-corrected chi connectivity index (χ3v) is 4.31. The zero-order chi connectivity index (χ0) is 16.0. The fourth-order valence-corrected chi connectivity index (χ4v) is 3.21. The third-order valence-electron chi connectivity index (χ3n) is 4.31. The van der Waals surface area contributed by atoms with Gasteiger partial charge in [-0.05, 0) is 23.7 Å². The number of nitrogens with zero attached hydrogens (tertiary/aromatic N) is 1. The van der Waals surface area contributed by atoms with Crippen LogP contribution in [0, 0.1) is 4.91 Å². The number of ether oxygens (including phenoxy) is 1. The number of aromatic hydroxyl groups is 1. The molecule has 2 heterocycles. The first kappa shape index (κ1) is 13.6. The van der Waals surface area contributed by atoms with Crippen molar-refractivity contribution in [2.24, 2.45) is 5.18 Å². The van der Waals surface area contributed by atoms with Gasteiger partial charge < -0.3 is 19.8 Å². The topological polar surface area (TPSA) is 90.5 Å². The molecule has 0 amide bonds. The van der Waals surface area contributed by atoms with E-state index in [4.69, 9.17) is 4.74 Å². The highest BCUT2D eigenvalue weighted by Gasteiger charge is 2.25. The highest BCUT2D eigenvalue weighted by atomic mass is 16.5. The first-order chi connectivity index (χ1) is 11.2. The minimum Gasteiger partial charge on any atom is -0.501 e. The Labute approximate surface area is 131 Å². The van der Waals surface area contributed by atoms with E-state index in [0.717, 1.165) is 40.8 Å². The van der Waals surface area contributed by atoms with Crippen molar-refractivity contribution in [1.82, 2.24) is 9.97 Å². The monoisotopic (exact) mass is 309 g/mol. The summed E-state index contributed by atoms with van der Waals surface area (Å²) >= 11 is 0. The molecule has 0 aliphatic heterocycles. The van der Waals surface area contributed by atoms with Crippen LogP contribution in [0.4, 0.5) is 5.69 Å². The Hall–Kier alpha value is -3.02. The molecule has 1 aliphatic carbocycles. The first-order valence-corrected chi connectivity index (χ1v) is 7.35. The van der Waals surface area contributed by atoms with Crippen LogP contribution in [-0.4, -0.2) is 22.2 Å². The Morgan fingerprint density at radius 3 is 2.83 bits per heavy atom. The normalized spacial score (nSPS) is 13.7. The van der Waals surface area contributed by atoms with Crippen molar-refractivity contribution in [3.05, 3.63) is 46.2 Å². The zero-order valence-electron chi connectivity index (χ0n) is 12.5. The van der Waals surface area contributed by atoms with Crippen molar-refractivity contribution >= 4 is 22.7 Å². The van der Waals surface area contributed by atoms with E-state index >= 15 is 0 Å². The summed E-state index contributed by atoms with van der Waals surface area (Å²) in [6.07, 6.45) is 3.41. The second-order valence-electron chi connectivity index (χ2n) is 5.54. The summed E-state index contributed by atoms with van der Waals surface area (Å²) in [5.41, 5.74) is 3.94. The number of aromatic nitrogens is 2. The molecule has 116 valence electrons. The van der Waals surface area contributed by atoms with Crippen molar-refractivity contribution in [3.63, 3.8) is 0 Å². The number of hydrogen-bond acceptors (Lipinski definition) is 4. The quantitative estimate of drug-likeness (QED) is 0.633. The minimum atomic E-state index is 0.0278. The third kappa shape index (κ3) is 1.95. The summed E-state index contributed by atoms with van der Waals surface area (Å²) in [5.74, 6) is 0.870. The van der Waals surface area contributed by atoms with Crippen molar-refractivity contribution in [2.45, 2.75) is 12.8 Å². The van der Waals surface area contributed by atoms with Gasteiger partial charge in [-0.2, -0.15) is 0 Å². The Morgan fingerprint density at radius 1 is 1.22 bits per heavy atom. The van der Waals surface area contributed by atoms with Gasteiger partial charge in [0.15, 0.2) is 5.88 Å². The standard InChI is InChI=1S/C17H15N3O3/c1-23-9-6-7-13-11(8-9)14(17(21)19-13)16-15(20-22)10-4-2-3-5-12(10)18-16/h2-5,8,18-19,21H,6-7H2,1H3. The number of H-pyrrole nitrogens is 2. The van der Waals surface area contributed by atoms with Gasteiger partial charge in [-0.25, -0.2) is 0 Å². The van der Waals surface area contributed by atoms with Gasteiger partial charge in [-0.15, -0.1) is 4.91 Å². The van der Waals surface area contributed by atoms with Crippen molar-refractivity contribution in [1.29, 1.82) is 0 Å². The summed E-state index contributed by atoms with van der Waals surface area (Å²) in [6, 6.07) is 7.44. The van der Waals surface area contributed by atoms with E-state index in [9.17, 15) is 10.0 Å². The maximum atomic E-state index is 11.4. The molecular formula is C17H15N3O3. The Bertz CT molecular complexity index is 950. The molecule has 0 radical (unpaired) electrons. The lowest BCUT2D eigenvalue weighted by Crippen LogP contribution is -2.00. The number of aryl methyl sites for hydroxylation is 1. The van der Waals surface area contributed by atoms with Gasteiger partial charge in [0.1, 0.15) is 5.69 Å². The molecule has 6 heteroatoms. The van der Waals surface area contributed by atoms with Crippen LogP contribution in [0.3, 0.4) is 0 Å². The number of allylic oxidation sites excluding steroid dienone is 1. The minimum absolute atomic E-state index is 0.0278. The van der Waals surface area contributed by atoms with Crippen molar-refractivity contribution in [2.75, 3.05) is 7.11 Å². The maximum Gasteiger partial charge on any atom is 0.198 e. The number of nitrogens with one attached hydrogen (secondary N) is 2. The van der Waals surface area contributed by atoms with Gasteiger partial charge in [0.05, 0.1) is 24.1 Å². The van der Waals surface area contributed by atoms with Crippen LogP contribution in [0.25, 0.3) is 28.2 Å². The number of para-hydroxylation sites is 1. The molecule has 4 rings (SSSR count). The van der Waals surface area contributed by atoms with E-state index < -0.39 is 0 Å². The Balaban J connectivity index is 2.02. The number of hydrogen-bond donors (Lipinski definition) is 3. The molecule has 0 saturated carbocycles. The van der Waals surface area contributed by atoms with Crippen LogP contribution in [-0.2, 0) is 11.2 Å². The fourth-order valence-electron chi connectivity index (χ4n) is 3.21. The second kappa shape index (κ2) is 5.01. The molecular weight excluding hydrogens is 294 g/mol. The van der Waals surface area contributed by atoms with Gasteiger partial charge in [0.2, 0.25) is 0 Å². The molecule has 23 heavy (non-hydrogen) atoms. The molecule has 1 aromatic carbocycles. The van der Waals surface area contributed by atoms with Crippen LogP contribution in [0.1, 0.15) is 17.7 Å². The molecule has 3 aromatic rings. The van der Waals surface area contributed by atoms with E-state index in [1.54, 1.807) is 7.11 Å². The zero-order valence-corrected chi connectivity index (χ0v) is 12.5. The van der Waals surface area contributed by atoms with Gasteiger partial charge in [0.25, 0.3) is 0 Å². The molecule has 1 aliphatic rings. The number of rotatable bonds is 3. The summed E-state index contributed by atoms with van der Waals surface area (Å²) in [5, 5.41) is 14.3. The van der Waals surface area contributed by atoms with Crippen LogP contribution in [0.15, 0.2) is 35.2 Å². The summed E-state index contributed by atoms with van der Waals surface area (Å²) in [4.78, 5) is 17.6. The molecule has 2 aromatic heterocycles. The SMILES string of the molecule is COC1=Cc2c([nH]c(O)c2-c2[nH]c3ccccc3c2N=O)CC1. The van der Waals surface area contributed by atoms with Gasteiger partial charge >= 0.3 is 0 Å². The summed E-state index contributed by atoms with van der Waals surface area (Å²) < 4.78 is 5.33. The van der Waals surface area contributed by atoms with Crippen LogP contribution < -0.4 is 0 Å². The van der Waals surface area contributed by atoms with Gasteiger partial charge in [0, 0.05) is 28.6 Å². The lowest BCUT2D eigenvalue weighted by molar-refractivity contribution is 0.279. The molecule has 0 spiro atoms. The Morgan fingerprint density at radius 2 is 2.04 bits per heavy atom. The Kier molecular flexibility index (Phi) is 2.97. The van der Waals surface area contributed by atoms with Gasteiger partial charge in [-0.3, -0.25) is 0 Å². The number of aromatic amines is 2. The smallest absolute Gasteiger partial charge is 0.198 e. The predicted octanol–water partition coefficient (Wildman–Crippen LogP) is 4.20. The molecule has 3 N–H and O–H groups in total. The number of benzene rings is 1. The van der Waals surface area contributed by atoms with Crippen LogP contribution in [0.2, 0.25) is 0 Å².